The van der Waals surface area contributed by atoms with Gasteiger partial charge in [0.2, 0.25) is 11.8 Å². The van der Waals surface area contributed by atoms with E-state index >= 15 is 0 Å². The van der Waals surface area contributed by atoms with Gasteiger partial charge in [-0.05, 0) is 42.7 Å². The van der Waals surface area contributed by atoms with Gasteiger partial charge < -0.3 is 19.3 Å². The quantitative estimate of drug-likeness (QED) is 0.552. The van der Waals surface area contributed by atoms with Gasteiger partial charge in [0.25, 0.3) is 0 Å². The van der Waals surface area contributed by atoms with Crippen LogP contribution in [0.25, 0.3) is 6.08 Å². The molecule has 0 spiro atoms. The number of hydrogen-bond acceptors (Lipinski definition) is 4. The topological polar surface area (TPSA) is 59.1 Å². The molecule has 6 nitrogen and oxygen atoms in total. The Labute approximate surface area is 206 Å². The first kappa shape index (κ1) is 24.3. The van der Waals surface area contributed by atoms with E-state index in [1.54, 1.807) is 18.2 Å². The minimum absolute atomic E-state index is 0.00674. The minimum Gasteiger partial charge on any atom is -0.493 e. The summed E-state index contributed by atoms with van der Waals surface area (Å²) in [6.07, 6.45) is 5.27. The van der Waals surface area contributed by atoms with Crippen molar-refractivity contribution in [2.75, 3.05) is 46.0 Å². The molecule has 2 aromatic rings. The molecule has 0 aromatic heterocycles. The molecule has 0 saturated carbocycles. The summed E-state index contributed by atoms with van der Waals surface area (Å²) in [5.41, 5.74) is 0.658. The van der Waals surface area contributed by atoms with Crippen LogP contribution in [0.3, 0.4) is 0 Å². The van der Waals surface area contributed by atoms with Crippen molar-refractivity contribution in [2.45, 2.75) is 19.3 Å². The number of amides is 2. The van der Waals surface area contributed by atoms with Crippen LogP contribution in [0.15, 0.2) is 60.7 Å². The molecule has 0 N–H and O–H groups in total. The number of carbonyl (C=O) groups excluding carboxylic acids is 2. The summed E-state index contributed by atoms with van der Waals surface area (Å²) in [6, 6.07) is 17.1. The van der Waals surface area contributed by atoms with Gasteiger partial charge in [0, 0.05) is 49.1 Å². The summed E-state index contributed by atoms with van der Waals surface area (Å²) < 4.78 is 11.5. The second-order valence-electron chi connectivity index (χ2n) is 8.99. The van der Waals surface area contributed by atoms with Gasteiger partial charge in [-0.15, -0.1) is 0 Å². The first-order valence-electron chi connectivity index (χ1n) is 11.8. The molecular weight excluding hydrogens is 452 g/mol. The fourth-order valence-corrected chi connectivity index (χ4v) is 4.63. The molecule has 180 valence electrons. The summed E-state index contributed by atoms with van der Waals surface area (Å²) in [5.74, 6) is 0.810. The Morgan fingerprint density at radius 1 is 0.971 bits per heavy atom. The van der Waals surface area contributed by atoms with E-state index in [4.69, 9.17) is 21.1 Å². The Hall–Kier alpha value is -2.83. The number of morpholine rings is 1. The first-order valence-corrected chi connectivity index (χ1v) is 12.2. The van der Waals surface area contributed by atoms with E-state index in [1.807, 2.05) is 58.3 Å². The zero-order valence-electron chi connectivity index (χ0n) is 19.3. The molecule has 2 amide bonds. The second-order valence-corrected chi connectivity index (χ2v) is 9.42. The number of nitrogens with zero attached hydrogens (tertiary/aromatic N) is 2. The van der Waals surface area contributed by atoms with Crippen LogP contribution in [-0.4, -0.2) is 67.6 Å². The lowest BCUT2D eigenvalue weighted by atomic mass is 9.75. The average Bonchev–Trinajstić information content (AvgIpc) is 2.88. The number of carbonyl (C=O) groups is 2. The van der Waals surface area contributed by atoms with Crippen LogP contribution < -0.4 is 4.74 Å². The molecule has 0 bridgehead atoms. The Kier molecular flexibility index (Phi) is 8.25. The van der Waals surface area contributed by atoms with Crippen molar-refractivity contribution < 1.29 is 19.1 Å². The van der Waals surface area contributed by atoms with Crippen LogP contribution in [0.4, 0.5) is 0 Å². The lowest BCUT2D eigenvalue weighted by molar-refractivity contribution is -0.140. The highest BCUT2D eigenvalue weighted by atomic mass is 35.5. The largest absolute Gasteiger partial charge is 0.493 e. The maximum absolute atomic E-state index is 13.1. The third-order valence-electron chi connectivity index (χ3n) is 6.58. The van der Waals surface area contributed by atoms with Crippen molar-refractivity contribution in [2.24, 2.45) is 5.41 Å². The predicted molar refractivity (Wildman–Crippen MR) is 133 cm³/mol. The molecule has 2 aliphatic heterocycles. The third-order valence-corrected chi connectivity index (χ3v) is 6.82. The fourth-order valence-electron chi connectivity index (χ4n) is 4.45. The molecule has 34 heavy (non-hydrogen) atoms. The van der Waals surface area contributed by atoms with Crippen molar-refractivity contribution in [1.82, 2.24) is 9.80 Å². The molecule has 0 unspecified atom stereocenters. The van der Waals surface area contributed by atoms with Crippen LogP contribution in [0, 0.1) is 5.41 Å². The molecule has 0 radical (unpaired) electrons. The maximum Gasteiger partial charge on any atom is 0.246 e. The van der Waals surface area contributed by atoms with Gasteiger partial charge in [0.15, 0.2) is 0 Å². The van der Waals surface area contributed by atoms with Gasteiger partial charge in [-0.3, -0.25) is 9.59 Å². The zero-order valence-corrected chi connectivity index (χ0v) is 20.1. The summed E-state index contributed by atoms with van der Waals surface area (Å²) in [7, 11) is 0. The number of likely N-dealkylation sites (tertiary alicyclic amines) is 1. The zero-order chi connectivity index (χ0) is 23.8. The number of benzene rings is 2. The van der Waals surface area contributed by atoms with Crippen LogP contribution in [0.1, 0.15) is 24.8 Å². The Bertz CT molecular complexity index is 997. The smallest absolute Gasteiger partial charge is 0.246 e. The van der Waals surface area contributed by atoms with Crippen LogP contribution in [0.2, 0.25) is 5.02 Å². The van der Waals surface area contributed by atoms with Crippen LogP contribution in [0.5, 0.6) is 5.75 Å². The van der Waals surface area contributed by atoms with Crippen molar-refractivity contribution >= 4 is 29.5 Å². The van der Waals surface area contributed by atoms with E-state index in [9.17, 15) is 9.59 Å². The summed E-state index contributed by atoms with van der Waals surface area (Å²) in [5, 5.41) is 0.613. The fraction of sp³-hybridized carbons (Fsp3) is 0.407. The molecule has 0 atom stereocenters. The Balaban J connectivity index is 1.41. The van der Waals surface area contributed by atoms with E-state index in [0.717, 1.165) is 5.56 Å². The number of piperidine rings is 1. The summed E-state index contributed by atoms with van der Waals surface area (Å²) in [4.78, 5) is 29.6. The number of ether oxygens (including phenoxy) is 2. The molecule has 7 heteroatoms. The van der Waals surface area contributed by atoms with Crippen LogP contribution in [-0.2, 0) is 14.3 Å². The number of rotatable bonds is 7. The standard InChI is InChI=1S/C27H31ClN2O4/c28-23-7-4-8-24(19-23)34-21-27(20-26(32)30-15-17-33-18-16-30)11-13-29(14-12-27)25(31)10-9-22-5-2-1-3-6-22/h1-10,19H,11-18,20-21H2/b10-9+. The van der Waals surface area contributed by atoms with E-state index < -0.39 is 0 Å². The number of halogens is 1. The molecule has 2 fully saturated rings. The SMILES string of the molecule is O=C(/C=C/c1ccccc1)N1CCC(COc2cccc(Cl)c2)(CC(=O)N2CCOCC2)CC1. The van der Waals surface area contributed by atoms with Crippen LogP contribution >= 0.6 is 11.6 Å². The van der Waals surface area contributed by atoms with Crippen molar-refractivity contribution in [1.29, 1.82) is 0 Å². The predicted octanol–water partition coefficient (Wildman–Crippen LogP) is 4.29. The van der Waals surface area contributed by atoms with E-state index in [0.29, 0.717) is 76.0 Å². The minimum atomic E-state index is -0.336. The molecule has 2 heterocycles. The van der Waals surface area contributed by atoms with Gasteiger partial charge in [0.05, 0.1) is 19.8 Å². The lowest BCUT2D eigenvalue weighted by Crippen LogP contribution is -2.49. The van der Waals surface area contributed by atoms with Crippen molar-refractivity contribution in [3.8, 4) is 5.75 Å². The highest BCUT2D eigenvalue weighted by Gasteiger charge is 2.39. The first-order chi connectivity index (χ1) is 16.5. The summed E-state index contributed by atoms with van der Waals surface area (Å²) in [6.45, 7) is 3.99. The maximum atomic E-state index is 13.1. The summed E-state index contributed by atoms with van der Waals surface area (Å²) >= 11 is 6.11. The van der Waals surface area contributed by atoms with Crippen molar-refractivity contribution in [3.63, 3.8) is 0 Å². The highest BCUT2D eigenvalue weighted by molar-refractivity contribution is 6.30. The van der Waals surface area contributed by atoms with Gasteiger partial charge in [-0.1, -0.05) is 48.0 Å². The molecule has 2 aliphatic rings. The molecule has 2 aromatic carbocycles. The Morgan fingerprint density at radius 2 is 1.71 bits per heavy atom. The monoisotopic (exact) mass is 482 g/mol. The molecular formula is C27H31ClN2O4. The van der Waals surface area contributed by atoms with E-state index in [2.05, 4.69) is 0 Å². The average molecular weight is 483 g/mol. The van der Waals surface area contributed by atoms with Crippen molar-refractivity contribution in [3.05, 3.63) is 71.3 Å². The normalized spacial score (nSPS) is 18.1. The van der Waals surface area contributed by atoms with Gasteiger partial charge >= 0.3 is 0 Å². The molecule has 4 rings (SSSR count). The number of hydrogen-bond donors (Lipinski definition) is 0. The molecule has 2 saturated heterocycles. The second kappa shape index (κ2) is 11.5. The third kappa shape index (κ3) is 6.61. The Morgan fingerprint density at radius 3 is 2.41 bits per heavy atom. The van der Waals surface area contributed by atoms with E-state index in [1.165, 1.54) is 0 Å². The van der Waals surface area contributed by atoms with E-state index in [-0.39, 0.29) is 17.2 Å². The molecule has 0 aliphatic carbocycles. The van der Waals surface area contributed by atoms with Gasteiger partial charge in [0.1, 0.15) is 5.75 Å². The van der Waals surface area contributed by atoms with Gasteiger partial charge in [-0.2, -0.15) is 0 Å². The highest BCUT2D eigenvalue weighted by Crippen LogP contribution is 2.37. The lowest BCUT2D eigenvalue weighted by Gasteiger charge is -2.42. The van der Waals surface area contributed by atoms with Gasteiger partial charge in [-0.25, -0.2) is 0 Å².